The van der Waals surface area contributed by atoms with Crippen LogP contribution in [0.4, 0.5) is 0 Å². The third-order valence-electron chi connectivity index (χ3n) is 8.12. The summed E-state index contributed by atoms with van der Waals surface area (Å²) in [6, 6.07) is 7.76. The molecule has 3 N–H and O–H groups in total. The summed E-state index contributed by atoms with van der Waals surface area (Å²) in [6.07, 6.45) is 8.01. The molecular formula is C31H41ClN4O5. The summed E-state index contributed by atoms with van der Waals surface area (Å²) in [5, 5.41) is 21.3. The number of halogens is 1. The highest BCUT2D eigenvalue weighted by molar-refractivity contribution is 6.30. The van der Waals surface area contributed by atoms with Gasteiger partial charge in [0.25, 0.3) is 5.91 Å². The maximum Gasteiger partial charge on any atom is 0.331 e. The number of carboxylic acid groups (broad SMARTS) is 1. The zero-order valence-electron chi connectivity index (χ0n) is 24.1. The van der Waals surface area contributed by atoms with Crippen LogP contribution >= 0.6 is 11.6 Å². The first kappa shape index (κ1) is 30.8. The first-order chi connectivity index (χ1) is 19.7. The quantitative estimate of drug-likeness (QED) is 0.326. The zero-order chi connectivity index (χ0) is 29.5. The highest BCUT2D eigenvalue weighted by Crippen LogP contribution is 2.29. The Morgan fingerprint density at radius 2 is 1.78 bits per heavy atom. The standard InChI is InChI=1S/C31H41ClN4O5/c1-4-24(5-2)41-28-16-22(31(39)40)15-26(29(28)33-19(3)37)34-30(38)27-17-25(21-11-13-23(32)14-12-21)35-36(27)18-20-9-7-6-8-10-20/h11-14,16-17,20,24,26,28-29H,4-10,15,18H2,1-3H3,(H,33,37)(H,34,38)(H,39,40)/t26-,28+,29+/m0/s1. The molecule has 4 rings (SSSR count). The van der Waals surface area contributed by atoms with Gasteiger partial charge in [0, 0.05) is 36.0 Å². The number of rotatable bonds is 11. The molecule has 222 valence electrons. The normalized spacial score (nSPS) is 21.4. The van der Waals surface area contributed by atoms with Gasteiger partial charge in [-0.3, -0.25) is 14.3 Å². The van der Waals surface area contributed by atoms with Gasteiger partial charge in [0.05, 0.1) is 30.0 Å². The molecule has 0 saturated heterocycles. The van der Waals surface area contributed by atoms with Crippen LogP contribution in [0.3, 0.4) is 0 Å². The molecule has 2 amide bonds. The summed E-state index contributed by atoms with van der Waals surface area (Å²) >= 11 is 6.09. The van der Waals surface area contributed by atoms with Gasteiger partial charge in [0.15, 0.2) is 0 Å². The van der Waals surface area contributed by atoms with Crippen molar-refractivity contribution in [2.24, 2.45) is 5.92 Å². The van der Waals surface area contributed by atoms with Gasteiger partial charge in [-0.05, 0) is 55.9 Å². The molecule has 41 heavy (non-hydrogen) atoms. The molecule has 10 heteroatoms. The molecule has 2 aliphatic carbocycles. The highest BCUT2D eigenvalue weighted by Gasteiger charge is 2.39. The minimum absolute atomic E-state index is 0.0512. The van der Waals surface area contributed by atoms with E-state index in [1.807, 2.05) is 26.0 Å². The summed E-state index contributed by atoms with van der Waals surface area (Å²) in [5.74, 6) is -1.31. The number of carboxylic acids is 1. The van der Waals surface area contributed by atoms with E-state index >= 15 is 0 Å². The van der Waals surface area contributed by atoms with Crippen molar-refractivity contribution >= 4 is 29.4 Å². The smallest absolute Gasteiger partial charge is 0.331 e. The Balaban J connectivity index is 1.65. The van der Waals surface area contributed by atoms with Crippen molar-refractivity contribution in [2.45, 2.75) is 103 Å². The van der Waals surface area contributed by atoms with Gasteiger partial charge < -0.3 is 20.5 Å². The molecule has 0 unspecified atom stereocenters. The van der Waals surface area contributed by atoms with Gasteiger partial charge in [-0.25, -0.2) is 4.79 Å². The Morgan fingerprint density at radius 3 is 2.39 bits per heavy atom. The second-order valence-corrected chi connectivity index (χ2v) is 11.6. The average molecular weight is 585 g/mol. The number of aromatic nitrogens is 2. The van der Waals surface area contributed by atoms with E-state index in [9.17, 15) is 19.5 Å². The van der Waals surface area contributed by atoms with Crippen LogP contribution in [-0.2, 0) is 20.9 Å². The van der Waals surface area contributed by atoms with Gasteiger partial charge in [-0.1, -0.05) is 56.8 Å². The summed E-state index contributed by atoms with van der Waals surface area (Å²) in [6.45, 7) is 6.02. The Kier molecular flexibility index (Phi) is 10.6. The third-order valence-corrected chi connectivity index (χ3v) is 8.37. The van der Waals surface area contributed by atoms with Crippen molar-refractivity contribution in [3.8, 4) is 11.3 Å². The minimum atomic E-state index is -1.07. The fraction of sp³-hybridized carbons (Fsp3) is 0.548. The van der Waals surface area contributed by atoms with Crippen LogP contribution in [0.15, 0.2) is 42.0 Å². The Hall–Kier alpha value is -3.17. The number of ether oxygens (including phenoxy) is 1. The Bertz CT molecular complexity index is 1250. The number of carbonyl (C=O) groups excluding carboxylic acids is 2. The summed E-state index contributed by atoms with van der Waals surface area (Å²) < 4.78 is 8.04. The maximum atomic E-state index is 13.9. The van der Waals surface area contributed by atoms with E-state index in [-0.39, 0.29) is 29.9 Å². The lowest BCUT2D eigenvalue weighted by atomic mass is 9.87. The summed E-state index contributed by atoms with van der Waals surface area (Å²) in [5.41, 5.74) is 2.04. The first-order valence-corrected chi connectivity index (χ1v) is 15.1. The van der Waals surface area contributed by atoms with Crippen molar-refractivity contribution in [1.82, 2.24) is 20.4 Å². The lowest BCUT2D eigenvalue weighted by molar-refractivity contribution is -0.133. The van der Waals surface area contributed by atoms with Crippen LogP contribution in [0.5, 0.6) is 0 Å². The van der Waals surface area contributed by atoms with E-state index in [1.54, 1.807) is 29.0 Å². The molecule has 3 atom stereocenters. The van der Waals surface area contributed by atoms with E-state index in [1.165, 1.54) is 26.2 Å². The van der Waals surface area contributed by atoms with E-state index in [2.05, 4.69) is 10.6 Å². The lowest BCUT2D eigenvalue weighted by Gasteiger charge is -2.38. The van der Waals surface area contributed by atoms with E-state index < -0.39 is 24.2 Å². The maximum absolute atomic E-state index is 13.9. The predicted octanol–water partition coefficient (Wildman–Crippen LogP) is 5.38. The molecule has 0 radical (unpaired) electrons. The molecule has 2 aromatic rings. The largest absolute Gasteiger partial charge is 0.478 e. The van der Waals surface area contributed by atoms with Gasteiger partial charge in [-0.15, -0.1) is 0 Å². The van der Waals surface area contributed by atoms with Crippen LogP contribution in [0.1, 0.15) is 82.6 Å². The van der Waals surface area contributed by atoms with Gasteiger partial charge in [0.2, 0.25) is 5.91 Å². The highest BCUT2D eigenvalue weighted by atomic mass is 35.5. The fourth-order valence-electron chi connectivity index (χ4n) is 5.86. The molecule has 9 nitrogen and oxygen atoms in total. The molecule has 1 fully saturated rings. The monoisotopic (exact) mass is 584 g/mol. The molecule has 1 aromatic carbocycles. The average Bonchev–Trinajstić information content (AvgIpc) is 3.37. The summed E-state index contributed by atoms with van der Waals surface area (Å²) in [4.78, 5) is 38.2. The second-order valence-electron chi connectivity index (χ2n) is 11.2. The SMILES string of the molecule is CCC(CC)O[C@@H]1C=C(C(=O)O)C[C@H](NC(=O)c2cc(-c3ccc(Cl)cc3)nn2CC2CCCCC2)[C@H]1NC(C)=O. The number of carbonyl (C=O) groups is 3. The molecule has 2 aliphatic rings. The van der Waals surface area contributed by atoms with E-state index in [0.29, 0.717) is 28.9 Å². The number of hydrogen-bond donors (Lipinski definition) is 3. The van der Waals surface area contributed by atoms with E-state index in [0.717, 1.165) is 31.2 Å². The molecular weight excluding hydrogens is 544 g/mol. The van der Waals surface area contributed by atoms with Crippen LogP contribution in [0.2, 0.25) is 5.02 Å². The molecule has 0 aliphatic heterocycles. The number of benzene rings is 1. The zero-order valence-corrected chi connectivity index (χ0v) is 24.8. The third kappa shape index (κ3) is 7.98. The number of nitrogens with zero attached hydrogens (tertiary/aromatic N) is 2. The van der Waals surface area contributed by atoms with Crippen molar-refractivity contribution in [3.05, 3.63) is 52.7 Å². The lowest BCUT2D eigenvalue weighted by Crippen LogP contribution is -2.59. The van der Waals surface area contributed by atoms with Crippen molar-refractivity contribution in [3.63, 3.8) is 0 Å². The van der Waals surface area contributed by atoms with Gasteiger partial charge in [-0.2, -0.15) is 5.10 Å². The number of amides is 2. The Morgan fingerprint density at radius 1 is 1.10 bits per heavy atom. The number of aliphatic carboxylic acids is 1. The molecule has 1 heterocycles. The molecule has 1 aromatic heterocycles. The van der Waals surface area contributed by atoms with Gasteiger partial charge >= 0.3 is 5.97 Å². The summed E-state index contributed by atoms with van der Waals surface area (Å²) in [7, 11) is 0. The fourth-order valence-corrected chi connectivity index (χ4v) is 5.99. The Labute approximate surface area is 246 Å². The molecule has 0 bridgehead atoms. The second kappa shape index (κ2) is 14.1. The number of nitrogens with one attached hydrogen (secondary N) is 2. The van der Waals surface area contributed by atoms with Gasteiger partial charge in [0.1, 0.15) is 5.69 Å². The van der Waals surface area contributed by atoms with E-state index in [4.69, 9.17) is 21.4 Å². The van der Waals surface area contributed by atoms with Crippen LogP contribution in [-0.4, -0.2) is 57.0 Å². The minimum Gasteiger partial charge on any atom is -0.478 e. The van der Waals surface area contributed by atoms with Crippen molar-refractivity contribution < 1.29 is 24.2 Å². The predicted molar refractivity (Wildman–Crippen MR) is 158 cm³/mol. The van der Waals surface area contributed by atoms with Crippen LogP contribution < -0.4 is 10.6 Å². The number of hydrogen-bond acceptors (Lipinski definition) is 5. The topological polar surface area (TPSA) is 123 Å². The molecule has 0 spiro atoms. The van der Waals surface area contributed by atoms with Crippen molar-refractivity contribution in [1.29, 1.82) is 0 Å². The molecule has 1 saturated carbocycles. The van der Waals surface area contributed by atoms with Crippen LogP contribution in [0.25, 0.3) is 11.3 Å². The van der Waals surface area contributed by atoms with Crippen molar-refractivity contribution in [2.75, 3.05) is 0 Å². The van der Waals surface area contributed by atoms with Crippen LogP contribution in [0, 0.1) is 5.92 Å². The first-order valence-electron chi connectivity index (χ1n) is 14.7.